The van der Waals surface area contributed by atoms with E-state index in [0.717, 1.165) is 17.0 Å². The zero-order chi connectivity index (χ0) is 22.0. The molecule has 2 amide bonds. The lowest BCUT2D eigenvalue weighted by Crippen LogP contribution is -2.45. The second-order valence-corrected chi connectivity index (χ2v) is 8.00. The first-order valence-corrected chi connectivity index (χ1v) is 10.1. The normalized spacial score (nSPS) is 17.8. The Morgan fingerprint density at radius 3 is 2.38 bits per heavy atom. The van der Waals surface area contributed by atoms with E-state index in [1.807, 2.05) is 0 Å². The lowest BCUT2D eigenvalue weighted by atomic mass is 10.1. The van der Waals surface area contributed by atoms with Crippen LogP contribution in [0.4, 0.5) is 26.2 Å². The third-order valence-electron chi connectivity index (χ3n) is 6.06. The van der Waals surface area contributed by atoms with E-state index in [-0.39, 0.29) is 17.4 Å². The van der Waals surface area contributed by atoms with Crippen LogP contribution in [0.25, 0.3) is 0 Å². The predicted octanol–water partition coefficient (Wildman–Crippen LogP) is 2.86. The second kappa shape index (κ2) is 6.47. The van der Waals surface area contributed by atoms with Gasteiger partial charge in [0.2, 0.25) is 11.9 Å². The molecule has 158 valence electrons. The van der Waals surface area contributed by atoms with Crippen molar-refractivity contribution in [3.05, 3.63) is 65.6 Å². The number of anilines is 3. The Morgan fingerprint density at radius 2 is 1.78 bits per heavy atom. The van der Waals surface area contributed by atoms with Crippen LogP contribution in [-0.2, 0) is 15.1 Å². The summed E-state index contributed by atoms with van der Waals surface area (Å²) in [6.45, 7) is 0.529. The van der Waals surface area contributed by atoms with Crippen LogP contribution in [0.3, 0.4) is 0 Å². The Balaban J connectivity index is 1.42. The summed E-state index contributed by atoms with van der Waals surface area (Å²) >= 11 is 0. The largest absolute Gasteiger partial charge is 0.296 e. The van der Waals surface area contributed by atoms with Crippen molar-refractivity contribution in [3.8, 4) is 11.8 Å². The van der Waals surface area contributed by atoms with Crippen molar-refractivity contribution >= 4 is 29.3 Å². The highest BCUT2D eigenvalue weighted by Gasteiger charge is 2.62. The van der Waals surface area contributed by atoms with Gasteiger partial charge in [-0.05, 0) is 37.1 Å². The summed E-state index contributed by atoms with van der Waals surface area (Å²) in [5, 5.41) is 0. The zero-order valence-corrected chi connectivity index (χ0v) is 16.7. The maximum atomic E-state index is 15.1. The summed E-state index contributed by atoms with van der Waals surface area (Å²) in [7, 11) is 0. The molecule has 1 saturated carbocycles. The lowest BCUT2D eigenvalue weighted by molar-refractivity contribution is -0.123. The highest BCUT2D eigenvalue weighted by molar-refractivity contribution is 6.10. The van der Waals surface area contributed by atoms with Crippen molar-refractivity contribution in [1.82, 2.24) is 14.5 Å². The molecule has 1 saturated heterocycles. The van der Waals surface area contributed by atoms with Crippen molar-refractivity contribution in [2.75, 3.05) is 16.3 Å². The number of β-lactam (4-membered cyclic amide) rings is 1. The summed E-state index contributed by atoms with van der Waals surface area (Å²) in [5.74, 6) is 3.80. The fourth-order valence-electron chi connectivity index (χ4n) is 4.23. The van der Waals surface area contributed by atoms with Gasteiger partial charge in [-0.3, -0.25) is 24.0 Å². The first-order valence-electron chi connectivity index (χ1n) is 10.1. The molecule has 4 heterocycles. The molecule has 2 aliphatic heterocycles. The molecule has 32 heavy (non-hydrogen) atoms. The minimum atomic E-state index is -0.936. The zero-order valence-electron chi connectivity index (χ0n) is 16.7. The molecular weight excluding hydrogens is 416 g/mol. The molecule has 3 aromatic rings. The minimum absolute atomic E-state index is 0.0664. The van der Waals surface area contributed by atoms with Gasteiger partial charge in [0.25, 0.3) is 5.91 Å². The highest BCUT2D eigenvalue weighted by Crippen LogP contribution is 2.56. The SMILES string of the molecule is O=C1CCN1c1cnc2n1C1(CC1)C(=O)N2c1c(F)cc(C#Cc2cccnc2)cc1F. The van der Waals surface area contributed by atoms with Crippen LogP contribution >= 0.6 is 0 Å². The highest BCUT2D eigenvalue weighted by atomic mass is 19.1. The van der Waals surface area contributed by atoms with Crippen molar-refractivity contribution < 1.29 is 18.4 Å². The van der Waals surface area contributed by atoms with E-state index in [2.05, 4.69) is 21.8 Å². The smallest absolute Gasteiger partial charge is 0.260 e. The number of rotatable bonds is 2. The molecule has 7 nitrogen and oxygen atoms in total. The minimum Gasteiger partial charge on any atom is -0.296 e. The monoisotopic (exact) mass is 431 g/mol. The molecule has 0 N–H and O–H groups in total. The molecule has 0 radical (unpaired) electrons. The molecule has 1 aromatic carbocycles. The number of carbonyl (C=O) groups is 2. The Hall–Kier alpha value is -4.06. The maximum Gasteiger partial charge on any atom is 0.260 e. The molecule has 0 unspecified atom stereocenters. The number of nitrogens with zero attached hydrogens (tertiary/aromatic N) is 5. The topological polar surface area (TPSA) is 71.3 Å². The fraction of sp³-hybridized carbons (Fsp3) is 0.217. The van der Waals surface area contributed by atoms with Gasteiger partial charge in [0.1, 0.15) is 17.0 Å². The van der Waals surface area contributed by atoms with Crippen molar-refractivity contribution in [2.24, 2.45) is 0 Å². The summed E-state index contributed by atoms with van der Waals surface area (Å²) in [6.07, 6.45) is 6.11. The number of halogens is 2. The van der Waals surface area contributed by atoms with Crippen LogP contribution in [0.15, 0.2) is 42.9 Å². The van der Waals surface area contributed by atoms with Gasteiger partial charge in [0.05, 0.1) is 6.20 Å². The molecule has 6 rings (SSSR count). The molecular formula is C23H15F2N5O2. The third kappa shape index (κ3) is 2.52. The number of pyridine rings is 1. The van der Waals surface area contributed by atoms with Gasteiger partial charge >= 0.3 is 0 Å². The van der Waals surface area contributed by atoms with Gasteiger partial charge in [0.15, 0.2) is 11.6 Å². The van der Waals surface area contributed by atoms with E-state index < -0.39 is 28.8 Å². The summed E-state index contributed by atoms with van der Waals surface area (Å²) in [4.78, 5) is 36.0. The van der Waals surface area contributed by atoms with Gasteiger partial charge in [-0.1, -0.05) is 11.8 Å². The molecule has 9 heteroatoms. The Kier molecular flexibility index (Phi) is 3.78. The maximum absolute atomic E-state index is 15.1. The summed E-state index contributed by atoms with van der Waals surface area (Å²) < 4.78 is 31.9. The van der Waals surface area contributed by atoms with Crippen molar-refractivity contribution in [3.63, 3.8) is 0 Å². The average molecular weight is 431 g/mol. The molecule has 1 aliphatic carbocycles. The van der Waals surface area contributed by atoms with E-state index >= 15 is 8.78 Å². The number of imidazole rings is 1. The van der Waals surface area contributed by atoms with Crippen LogP contribution in [0, 0.1) is 23.5 Å². The Bertz CT molecular complexity index is 1350. The molecule has 2 aromatic heterocycles. The van der Waals surface area contributed by atoms with E-state index in [4.69, 9.17) is 0 Å². The number of carbonyl (C=O) groups excluding carboxylic acids is 2. The van der Waals surface area contributed by atoms with Gasteiger partial charge < -0.3 is 0 Å². The summed E-state index contributed by atoms with van der Waals surface area (Å²) in [6, 6.07) is 5.64. The Morgan fingerprint density at radius 1 is 1.03 bits per heavy atom. The van der Waals surface area contributed by atoms with E-state index in [0.29, 0.717) is 37.2 Å². The first-order chi connectivity index (χ1) is 15.5. The second-order valence-electron chi connectivity index (χ2n) is 8.00. The number of benzene rings is 1. The van der Waals surface area contributed by atoms with Crippen LogP contribution in [-0.4, -0.2) is 32.9 Å². The molecule has 3 aliphatic rings. The van der Waals surface area contributed by atoms with Crippen molar-refractivity contribution in [2.45, 2.75) is 24.8 Å². The number of aromatic nitrogens is 3. The van der Waals surface area contributed by atoms with Crippen LogP contribution < -0.4 is 9.80 Å². The van der Waals surface area contributed by atoms with E-state index in [1.54, 1.807) is 29.1 Å². The lowest BCUT2D eigenvalue weighted by Gasteiger charge is -2.31. The van der Waals surface area contributed by atoms with E-state index in [1.165, 1.54) is 11.1 Å². The van der Waals surface area contributed by atoms with E-state index in [9.17, 15) is 9.59 Å². The van der Waals surface area contributed by atoms with Gasteiger partial charge in [-0.15, -0.1) is 0 Å². The fourth-order valence-corrected chi connectivity index (χ4v) is 4.23. The quantitative estimate of drug-likeness (QED) is 0.462. The molecule has 0 bridgehead atoms. The molecule has 1 spiro atoms. The van der Waals surface area contributed by atoms with Crippen LogP contribution in [0.1, 0.15) is 30.4 Å². The average Bonchev–Trinajstić information content (AvgIpc) is 3.42. The van der Waals surface area contributed by atoms with Gasteiger partial charge in [0, 0.05) is 36.5 Å². The first kappa shape index (κ1) is 18.7. The predicted molar refractivity (Wildman–Crippen MR) is 110 cm³/mol. The van der Waals surface area contributed by atoms with Crippen LogP contribution in [0.2, 0.25) is 0 Å². The van der Waals surface area contributed by atoms with Crippen LogP contribution in [0.5, 0.6) is 0 Å². The van der Waals surface area contributed by atoms with Gasteiger partial charge in [-0.2, -0.15) is 0 Å². The molecule has 0 atom stereocenters. The number of hydrogen-bond acceptors (Lipinski definition) is 4. The number of amides is 2. The van der Waals surface area contributed by atoms with Gasteiger partial charge in [-0.25, -0.2) is 18.7 Å². The standard InChI is InChI=1S/C23H15F2N5O2/c24-16-10-15(4-3-14-2-1-8-26-12-14)11-17(25)20(16)29-21(32)23(6-7-23)30-18(13-27-22(29)30)28-9-5-19(28)31/h1-2,8,10-13H,5-7,9H2. The summed E-state index contributed by atoms with van der Waals surface area (Å²) in [5.41, 5.74) is -0.679. The number of hydrogen-bond donors (Lipinski definition) is 0. The van der Waals surface area contributed by atoms with Crippen molar-refractivity contribution in [1.29, 1.82) is 0 Å². The molecule has 2 fully saturated rings. The third-order valence-corrected chi connectivity index (χ3v) is 6.06. The Labute approximate surface area is 181 Å². The number of fused-ring (bicyclic) bond motifs is 2.